The van der Waals surface area contributed by atoms with Crippen LogP contribution in [-0.4, -0.2) is 132 Å². The SMILES string of the molecule is CC(C)NCCCC(CCCC(C)(Br)C(=O)OCCN1CCN(CC2CCCC2)C1)CN1CCN(CC(=O)Nc2ccc3c(c2)C(=O)c2ccccc2C3=O)C1. The summed E-state index contributed by atoms with van der Waals surface area (Å²) in [5.74, 6) is 0.632. The molecule has 6 rings (SSSR count). The number of hydrogen-bond acceptors (Lipinski definition) is 10. The minimum atomic E-state index is -0.709. The Hall–Kier alpha value is -3.00. The summed E-state index contributed by atoms with van der Waals surface area (Å²) in [6.07, 6.45) is 10.3. The number of carbonyl (C=O) groups excluding carboxylic acids is 4. The summed E-state index contributed by atoms with van der Waals surface area (Å²) in [5, 5.41) is 6.50. The van der Waals surface area contributed by atoms with Gasteiger partial charge in [-0.25, -0.2) is 0 Å². The van der Waals surface area contributed by atoms with Crippen LogP contribution in [0.25, 0.3) is 0 Å². The second-order valence-corrected chi connectivity index (χ2v) is 18.9. The first kappa shape index (κ1) is 42.6. The number of ether oxygens (including phenoxy) is 1. The molecule has 4 aliphatic rings. The Bertz CT molecular complexity index is 1680. The number of anilines is 1. The maximum absolute atomic E-state index is 13.2. The minimum Gasteiger partial charge on any atom is -0.463 e. The monoisotopic (exact) mass is 834 g/mol. The molecule has 1 saturated carbocycles. The van der Waals surface area contributed by atoms with Crippen molar-refractivity contribution in [3.63, 3.8) is 0 Å². The zero-order valence-electron chi connectivity index (χ0n) is 33.8. The summed E-state index contributed by atoms with van der Waals surface area (Å²) >= 11 is 3.73. The van der Waals surface area contributed by atoms with Crippen LogP contribution in [0.15, 0.2) is 42.5 Å². The summed E-state index contributed by atoms with van der Waals surface area (Å²) in [5.41, 5.74) is 2.01. The van der Waals surface area contributed by atoms with Crippen LogP contribution in [0, 0.1) is 11.8 Å². The first-order chi connectivity index (χ1) is 26.9. The van der Waals surface area contributed by atoms with Gasteiger partial charge in [0.05, 0.1) is 19.9 Å². The van der Waals surface area contributed by atoms with Gasteiger partial charge < -0.3 is 15.4 Å². The molecule has 0 radical (unpaired) electrons. The number of benzene rings is 2. The second-order valence-electron chi connectivity index (χ2n) is 17.1. The van der Waals surface area contributed by atoms with E-state index < -0.39 is 4.32 Å². The number of rotatable bonds is 20. The molecule has 2 saturated heterocycles. The first-order valence-corrected chi connectivity index (χ1v) is 21.9. The van der Waals surface area contributed by atoms with E-state index in [1.807, 2.05) is 6.92 Å². The van der Waals surface area contributed by atoms with Crippen LogP contribution in [-0.2, 0) is 14.3 Å². The lowest BCUT2D eigenvalue weighted by Crippen LogP contribution is -2.35. The molecule has 12 heteroatoms. The average molecular weight is 836 g/mol. The molecule has 0 spiro atoms. The van der Waals surface area contributed by atoms with E-state index in [0.717, 1.165) is 84.1 Å². The number of ketones is 2. The zero-order chi connectivity index (χ0) is 39.7. The Balaban J connectivity index is 0.925. The van der Waals surface area contributed by atoms with Crippen molar-refractivity contribution in [1.82, 2.24) is 24.9 Å². The van der Waals surface area contributed by atoms with Gasteiger partial charge in [0.2, 0.25) is 5.91 Å². The van der Waals surface area contributed by atoms with Crippen LogP contribution >= 0.6 is 15.9 Å². The highest BCUT2D eigenvalue weighted by molar-refractivity contribution is 9.10. The van der Waals surface area contributed by atoms with E-state index in [1.165, 1.54) is 32.2 Å². The van der Waals surface area contributed by atoms with Gasteiger partial charge in [-0.2, -0.15) is 0 Å². The van der Waals surface area contributed by atoms with Gasteiger partial charge in [0.1, 0.15) is 10.9 Å². The number of halogens is 1. The summed E-state index contributed by atoms with van der Waals surface area (Å²) < 4.78 is 5.09. The van der Waals surface area contributed by atoms with E-state index in [2.05, 4.69) is 60.0 Å². The Morgan fingerprint density at radius 3 is 2.25 bits per heavy atom. The van der Waals surface area contributed by atoms with Crippen LogP contribution in [0.5, 0.6) is 0 Å². The second kappa shape index (κ2) is 20.1. The van der Waals surface area contributed by atoms with E-state index in [4.69, 9.17) is 4.74 Å². The summed E-state index contributed by atoms with van der Waals surface area (Å²) in [4.78, 5) is 62.0. The van der Waals surface area contributed by atoms with E-state index in [9.17, 15) is 19.2 Å². The molecule has 1 amide bonds. The van der Waals surface area contributed by atoms with Crippen LogP contribution in [0.4, 0.5) is 5.69 Å². The maximum atomic E-state index is 13.2. The fraction of sp³-hybridized carbons (Fsp3) is 0.636. The van der Waals surface area contributed by atoms with Gasteiger partial charge in [0.15, 0.2) is 11.6 Å². The molecule has 2 atom stereocenters. The molecular formula is C44H63BrN6O5. The van der Waals surface area contributed by atoms with E-state index >= 15 is 0 Å². The standard InChI is InChI=1S/C44H63BrN6O5/c1-32(2)46-19-9-13-34(12-8-18-44(3,45)43(55)56-25-24-48-20-21-49(30-48)27-33-10-4-5-11-33)28-50-22-23-51(31-50)29-40(52)47-35-16-17-38-39(26-35)42(54)37-15-7-6-14-36(37)41(38)53/h6-7,14-17,26,32-34,46H,4-5,8-13,18-25,27-31H2,1-3H3,(H,47,52). The van der Waals surface area contributed by atoms with Crippen molar-refractivity contribution in [1.29, 1.82) is 0 Å². The number of nitrogens with zero attached hydrogens (tertiary/aromatic N) is 4. The van der Waals surface area contributed by atoms with Gasteiger partial charge in [0, 0.05) is 79.8 Å². The average Bonchev–Trinajstić information content (AvgIpc) is 3.96. The minimum absolute atomic E-state index is 0.150. The number of alkyl halides is 1. The summed E-state index contributed by atoms with van der Waals surface area (Å²) in [6, 6.07) is 12.3. The largest absolute Gasteiger partial charge is 0.463 e. The van der Waals surface area contributed by atoms with Crippen molar-refractivity contribution >= 4 is 45.1 Å². The van der Waals surface area contributed by atoms with Crippen molar-refractivity contribution in [2.24, 2.45) is 11.8 Å². The predicted molar refractivity (Wildman–Crippen MR) is 224 cm³/mol. The molecule has 2 unspecified atom stereocenters. The van der Waals surface area contributed by atoms with Gasteiger partial charge in [-0.3, -0.25) is 38.8 Å². The smallest absolute Gasteiger partial charge is 0.322 e. The highest BCUT2D eigenvalue weighted by Gasteiger charge is 2.33. The number of fused-ring (bicyclic) bond motifs is 2. The molecule has 2 N–H and O–H groups in total. The molecule has 2 heterocycles. The van der Waals surface area contributed by atoms with Gasteiger partial charge in [-0.1, -0.05) is 73.3 Å². The normalized spacial score (nSPS) is 20.0. The maximum Gasteiger partial charge on any atom is 0.322 e. The Kier molecular flexibility index (Phi) is 15.3. The third kappa shape index (κ3) is 11.8. The number of amides is 1. The third-order valence-corrected chi connectivity index (χ3v) is 12.7. The molecule has 3 fully saturated rings. The van der Waals surface area contributed by atoms with Crippen LogP contribution in [0.3, 0.4) is 0 Å². The molecule has 2 aromatic carbocycles. The molecule has 2 aliphatic heterocycles. The molecule has 306 valence electrons. The Labute approximate surface area is 342 Å². The van der Waals surface area contributed by atoms with Crippen LogP contribution < -0.4 is 10.6 Å². The fourth-order valence-electron chi connectivity index (χ4n) is 8.88. The van der Waals surface area contributed by atoms with Crippen molar-refractivity contribution in [2.45, 2.75) is 88.9 Å². The van der Waals surface area contributed by atoms with Crippen LogP contribution in [0.1, 0.15) is 110 Å². The van der Waals surface area contributed by atoms with Gasteiger partial charge >= 0.3 is 5.97 Å². The van der Waals surface area contributed by atoms with Crippen LogP contribution in [0.2, 0.25) is 0 Å². The van der Waals surface area contributed by atoms with E-state index in [0.29, 0.717) is 59.6 Å². The molecule has 11 nitrogen and oxygen atoms in total. The zero-order valence-corrected chi connectivity index (χ0v) is 35.4. The molecule has 56 heavy (non-hydrogen) atoms. The lowest BCUT2D eigenvalue weighted by atomic mass is 9.84. The number of carbonyl (C=O) groups is 4. The lowest BCUT2D eigenvalue weighted by molar-refractivity contribution is -0.146. The van der Waals surface area contributed by atoms with Crippen molar-refractivity contribution in [3.05, 3.63) is 64.7 Å². The number of esters is 1. The van der Waals surface area contributed by atoms with Gasteiger partial charge in [0.25, 0.3) is 0 Å². The predicted octanol–water partition coefficient (Wildman–Crippen LogP) is 6.00. The van der Waals surface area contributed by atoms with E-state index in [1.54, 1.807) is 42.5 Å². The highest BCUT2D eigenvalue weighted by atomic mass is 79.9. The van der Waals surface area contributed by atoms with Crippen molar-refractivity contribution in [3.8, 4) is 0 Å². The molecular weight excluding hydrogens is 772 g/mol. The third-order valence-electron chi connectivity index (χ3n) is 12.0. The van der Waals surface area contributed by atoms with Crippen molar-refractivity contribution < 1.29 is 23.9 Å². The van der Waals surface area contributed by atoms with Crippen molar-refractivity contribution in [2.75, 3.05) is 84.2 Å². The molecule has 2 aromatic rings. The Morgan fingerprint density at radius 1 is 0.857 bits per heavy atom. The lowest BCUT2D eigenvalue weighted by Gasteiger charge is -2.26. The molecule has 0 bridgehead atoms. The summed E-state index contributed by atoms with van der Waals surface area (Å²) in [7, 11) is 0. The van der Waals surface area contributed by atoms with Gasteiger partial charge in [-0.15, -0.1) is 0 Å². The topological polar surface area (TPSA) is 115 Å². The van der Waals surface area contributed by atoms with Gasteiger partial charge in [-0.05, 0) is 82.0 Å². The Morgan fingerprint density at radius 2 is 1.50 bits per heavy atom. The summed E-state index contributed by atoms with van der Waals surface area (Å²) in [6.45, 7) is 16.4. The number of hydrogen-bond donors (Lipinski definition) is 2. The number of nitrogens with one attached hydrogen (secondary N) is 2. The highest BCUT2D eigenvalue weighted by Crippen LogP contribution is 2.31. The first-order valence-electron chi connectivity index (χ1n) is 21.1. The van der Waals surface area contributed by atoms with E-state index in [-0.39, 0.29) is 30.0 Å². The molecule has 2 aliphatic carbocycles. The fourth-order valence-corrected chi connectivity index (χ4v) is 9.27. The quantitative estimate of drug-likeness (QED) is 0.0799. The molecule has 0 aromatic heterocycles.